The molecule has 4 nitrogen and oxygen atoms in total. The van der Waals surface area contributed by atoms with Gasteiger partial charge in [-0.15, -0.1) is 0 Å². The van der Waals surface area contributed by atoms with Crippen molar-refractivity contribution in [2.45, 2.75) is 39.2 Å². The number of hydrogen-bond donors (Lipinski definition) is 0. The summed E-state index contributed by atoms with van der Waals surface area (Å²) < 4.78 is 18.7. The summed E-state index contributed by atoms with van der Waals surface area (Å²) in [6.07, 6.45) is 4.11. The van der Waals surface area contributed by atoms with E-state index in [0.29, 0.717) is 25.3 Å². The van der Waals surface area contributed by atoms with Crippen molar-refractivity contribution in [2.24, 2.45) is 0 Å². The molecule has 0 unspecified atom stereocenters. The van der Waals surface area contributed by atoms with E-state index in [4.69, 9.17) is 4.52 Å². The van der Waals surface area contributed by atoms with E-state index in [-0.39, 0.29) is 17.1 Å². The highest BCUT2D eigenvalue weighted by Crippen LogP contribution is 2.30. The second kappa shape index (κ2) is 7.90. The molecule has 0 spiro atoms. The van der Waals surface area contributed by atoms with Crippen LogP contribution in [0.2, 0.25) is 0 Å². The van der Waals surface area contributed by atoms with Gasteiger partial charge in [0.15, 0.2) is 5.76 Å². The number of amides is 1. The van der Waals surface area contributed by atoms with E-state index in [2.05, 4.69) is 38.1 Å². The minimum absolute atomic E-state index is 0.0492. The first-order valence-corrected chi connectivity index (χ1v) is 10.1. The summed E-state index contributed by atoms with van der Waals surface area (Å²) >= 11 is 0. The van der Waals surface area contributed by atoms with E-state index in [1.54, 1.807) is 23.1 Å². The van der Waals surface area contributed by atoms with Crippen LogP contribution in [-0.4, -0.2) is 22.5 Å². The molecule has 0 radical (unpaired) electrons. The van der Waals surface area contributed by atoms with Crippen molar-refractivity contribution in [1.82, 2.24) is 10.1 Å². The van der Waals surface area contributed by atoms with Gasteiger partial charge in [-0.2, -0.15) is 0 Å². The first kappa shape index (κ1) is 20.1. The van der Waals surface area contributed by atoms with E-state index < -0.39 is 0 Å². The number of aromatic nitrogens is 1. The maximum atomic E-state index is 13.2. The topological polar surface area (TPSA) is 46.3 Å². The lowest BCUT2D eigenvalue weighted by Gasteiger charge is -2.24. The summed E-state index contributed by atoms with van der Waals surface area (Å²) in [6.45, 7) is 7.53. The molecule has 4 rings (SSSR count). The number of nitrogens with zero attached hydrogens (tertiary/aromatic N) is 2. The molecule has 2 heterocycles. The summed E-state index contributed by atoms with van der Waals surface area (Å²) in [7, 11) is 0. The molecule has 0 fully saturated rings. The van der Waals surface area contributed by atoms with Crippen LogP contribution in [0.1, 0.15) is 43.2 Å². The molecule has 3 aromatic rings. The van der Waals surface area contributed by atoms with Gasteiger partial charge in [0.05, 0.1) is 6.54 Å². The lowest BCUT2D eigenvalue weighted by molar-refractivity contribution is -0.126. The predicted octanol–water partition coefficient (Wildman–Crippen LogP) is 5.38. The number of carbonyl (C=O) groups excluding carboxylic acids is 1. The number of halogens is 1. The Balaban J connectivity index is 1.44. The number of fused-ring (bicyclic) bond motifs is 1. The SMILES string of the molecule is CC(C)(C)c1ccc(/C=C/C(=O)N2CCc3c(noc3-c3ccc(F)cc3)C2)cc1. The molecule has 0 aliphatic carbocycles. The summed E-state index contributed by atoms with van der Waals surface area (Å²) in [5.41, 5.74) is 4.91. The fraction of sp³-hybridized carbons (Fsp3) is 0.280. The van der Waals surface area contributed by atoms with Crippen LogP contribution < -0.4 is 0 Å². The number of carbonyl (C=O) groups is 1. The second-order valence-electron chi connectivity index (χ2n) is 8.66. The Bertz CT molecular complexity index is 1070. The summed E-state index contributed by atoms with van der Waals surface area (Å²) in [4.78, 5) is 14.4. The monoisotopic (exact) mass is 404 g/mol. The van der Waals surface area contributed by atoms with Crippen LogP contribution in [0, 0.1) is 5.82 Å². The third kappa shape index (κ3) is 4.20. The average molecular weight is 404 g/mol. The van der Waals surface area contributed by atoms with Gasteiger partial charge in [-0.3, -0.25) is 4.79 Å². The highest BCUT2D eigenvalue weighted by atomic mass is 19.1. The predicted molar refractivity (Wildman–Crippen MR) is 115 cm³/mol. The molecule has 0 bridgehead atoms. The van der Waals surface area contributed by atoms with Crippen LogP contribution in [0.25, 0.3) is 17.4 Å². The fourth-order valence-electron chi connectivity index (χ4n) is 3.61. The molecule has 1 amide bonds. The smallest absolute Gasteiger partial charge is 0.246 e. The molecule has 1 aliphatic heterocycles. The highest BCUT2D eigenvalue weighted by Gasteiger charge is 2.26. The van der Waals surface area contributed by atoms with Crippen LogP contribution in [-0.2, 0) is 23.2 Å². The Hall–Kier alpha value is -3.21. The third-order valence-corrected chi connectivity index (χ3v) is 5.46. The molecule has 0 N–H and O–H groups in total. The van der Waals surface area contributed by atoms with Crippen molar-refractivity contribution in [1.29, 1.82) is 0 Å². The van der Waals surface area contributed by atoms with Gasteiger partial charge in [0, 0.05) is 23.7 Å². The van der Waals surface area contributed by atoms with Crippen molar-refractivity contribution >= 4 is 12.0 Å². The first-order valence-electron chi connectivity index (χ1n) is 10.1. The van der Waals surface area contributed by atoms with Gasteiger partial charge in [-0.1, -0.05) is 50.2 Å². The largest absolute Gasteiger partial charge is 0.356 e. The standard InChI is InChI=1S/C25H25FN2O2/c1-25(2,3)19-9-4-17(5-10-19)6-13-23(29)28-15-14-21-22(16-28)27-30-24(21)18-7-11-20(26)12-8-18/h4-13H,14-16H2,1-3H3/b13-6+. The van der Waals surface area contributed by atoms with Crippen molar-refractivity contribution in [3.63, 3.8) is 0 Å². The number of benzene rings is 2. The van der Waals surface area contributed by atoms with Gasteiger partial charge in [0.25, 0.3) is 0 Å². The number of rotatable bonds is 3. The molecular weight excluding hydrogens is 379 g/mol. The van der Waals surface area contributed by atoms with Gasteiger partial charge in [-0.25, -0.2) is 4.39 Å². The van der Waals surface area contributed by atoms with Gasteiger partial charge in [-0.05, 0) is 53.3 Å². The van der Waals surface area contributed by atoms with Crippen molar-refractivity contribution in [2.75, 3.05) is 6.54 Å². The number of hydrogen-bond acceptors (Lipinski definition) is 3. The van der Waals surface area contributed by atoms with E-state index in [1.807, 2.05) is 18.2 Å². The quantitative estimate of drug-likeness (QED) is 0.551. The van der Waals surface area contributed by atoms with Crippen LogP contribution >= 0.6 is 0 Å². The van der Waals surface area contributed by atoms with Crippen LogP contribution in [0.15, 0.2) is 59.1 Å². The second-order valence-corrected chi connectivity index (χ2v) is 8.66. The minimum Gasteiger partial charge on any atom is -0.356 e. The van der Waals surface area contributed by atoms with Crippen molar-refractivity contribution in [3.8, 4) is 11.3 Å². The summed E-state index contributed by atoms with van der Waals surface area (Å²) in [5, 5.41) is 4.15. The molecule has 30 heavy (non-hydrogen) atoms. The van der Waals surface area contributed by atoms with E-state index in [0.717, 1.165) is 22.4 Å². The summed E-state index contributed by atoms with van der Waals surface area (Å²) in [5.74, 6) is 0.321. The maximum Gasteiger partial charge on any atom is 0.246 e. The Kier molecular flexibility index (Phi) is 5.29. The highest BCUT2D eigenvalue weighted by molar-refractivity contribution is 5.92. The van der Waals surface area contributed by atoms with Gasteiger partial charge in [0.2, 0.25) is 5.91 Å². The third-order valence-electron chi connectivity index (χ3n) is 5.46. The van der Waals surface area contributed by atoms with Crippen molar-refractivity contribution < 1.29 is 13.7 Å². The van der Waals surface area contributed by atoms with Crippen LogP contribution in [0.5, 0.6) is 0 Å². The average Bonchev–Trinajstić information content (AvgIpc) is 3.15. The zero-order valence-corrected chi connectivity index (χ0v) is 17.5. The van der Waals surface area contributed by atoms with Gasteiger partial charge in [0.1, 0.15) is 11.5 Å². The molecule has 0 saturated carbocycles. The lowest BCUT2D eigenvalue weighted by Crippen LogP contribution is -2.34. The van der Waals surface area contributed by atoms with Crippen LogP contribution in [0.4, 0.5) is 4.39 Å². The van der Waals surface area contributed by atoms with Gasteiger partial charge < -0.3 is 9.42 Å². The minimum atomic E-state index is -0.288. The van der Waals surface area contributed by atoms with E-state index in [1.165, 1.54) is 17.7 Å². The van der Waals surface area contributed by atoms with Crippen LogP contribution in [0.3, 0.4) is 0 Å². The van der Waals surface area contributed by atoms with E-state index >= 15 is 0 Å². The molecular formula is C25H25FN2O2. The van der Waals surface area contributed by atoms with Crippen molar-refractivity contribution in [3.05, 3.63) is 82.8 Å². The Morgan fingerprint density at radius 1 is 1.10 bits per heavy atom. The zero-order valence-electron chi connectivity index (χ0n) is 17.5. The molecule has 1 aromatic heterocycles. The molecule has 5 heteroatoms. The maximum absolute atomic E-state index is 13.2. The first-order chi connectivity index (χ1) is 14.3. The molecule has 154 valence electrons. The molecule has 0 atom stereocenters. The molecule has 1 aliphatic rings. The molecule has 0 saturated heterocycles. The molecule has 2 aromatic carbocycles. The lowest BCUT2D eigenvalue weighted by atomic mass is 9.87. The Labute approximate surface area is 176 Å². The fourth-order valence-corrected chi connectivity index (χ4v) is 3.61. The van der Waals surface area contributed by atoms with E-state index in [9.17, 15) is 9.18 Å². The van der Waals surface area contributed by atoms with Gasteiger partial charge >= 0.3 is 0 Å². The Morgan fingerprint density at radius 2 is 1.80 bits per heavy atom. The summed E-state index contributed by atoms with van der Waals surface area (Å²) in [6, 6.07) is 14.4. The normalized spacial score (nSPS) is 14.2. The Morgan fingerprint density at radius 3 is 2.47 bits per heavy atom. The zero-order chi connectivity index (χ0) is 21.3.